The average molecular weight is 276 g/mol. The maximum Gasteiger partial charge on any atom is 0.268 e. The van der Waals surface area contributed by atoms with Crippen LogP contribution in [0.2, 0.25) is 0 Å². The van der Waals surface area contributed by atoms with E-state index in [1.54, 1.807) is 12.3 Å². The highest BCUT2D eigenvalue weighted by Gasteiger charge is 2.17. The van der Waals surface area contributed by atoms with Gasteiger partial charge in [-0.3, -0.25) is 4.79 Å². The minimum atomic E-state index is -0.0957. The molecule has 108 valence electrons. The third kappa shape index (κ3) is 3.74. The number of azide groups is 1. The predicted octanol–water partition coefficient (Wildman–Crippen LogP) is 2.18. The van der Waals surface area contributed by atoms with Gasteiger partial charge in [-0.1, -0.05) is 12.0 Å². The van der Waals surface area contributed by atoms with Crippen LogP contribution in [-0.4, -0.2) is 29.4 Å². The van der Waals surface area contributed by atoms with Crippen molar-refractivity contribution < 1.29 is 0 Å². The number of aromatic nitrogens is 2. The van der Waals surface area contributed by atoms with Gasteiger partial charge in [0.15, 0.2) is 0 Å². The fraction of sp³-hybridized carbons (Fsp3) is 0.692. The first kappa shape index (κ1) is 14.4. The van der Waals surface area contributed by atoms with E-state index in [0.717, 1.165) is 25.2 Å². The highest BCUT2D eigenvalue weighted by Crippen LogP contribution is 2.20. The van der Waals surface area contributed by atoms with Crippen LogP contribution in [0, 0.1) is 5.92 Å². The van der Waals surface area contributed by atoms with Gasteiger partial charge in [-0.2, -0.15) is 5.10 Å². The molecule has 0 radical (unpaired) electrons. The van der Waals surface area contributed by atoms with Gasteiger partial charge >= 0.3 is 0 Å². The Balaban J connectivity index is 2.01. The Hall–Kier alpha value is -2.01. The van der Waals surface area contributed by atoms with Gasteiger partial charge in [-0.15, -0.1) is 0 Å². The third-order valence-corrected chi connectivity index (χ3v) is 3.57. The van der Waals surface area contributed by atoms with Crippen LogP contribution < -0.4 is 10.5 Å². The molecule has 0 bridgehead atoms. The minimum Gasteiger partial charge on any atom is -0.370 e. The lowest BCUT2D eigenvalue weighted by Crippen LogP contribution is -2.35. The van der Waals surface area contributed by atoms with Crippen molar-refractivity contribution in [3.8, 4) is 0 Å². The Kier molecular flexibility index (Phi) is 5.01. The first-order valence-electron chi connectivity index (χ1n) is 7.03. The van der Waals surface area contributed by atoms with E-state index in [0.29, 0.717) is 25.4 Å². The van der Waals surface area contributed by atoms with Crippen molar-refractivity contribution >= 4 is 5.69 Å². The summed E-state index contributed by atoms with van der Waals surface area (Å²) >= 11 is 0. The lowest BCUT2D eigenvalue weighted by Gasteiger charge is -2.32. The fourth-order valence-corrected chi connectivity index (χ4v) is 2.52. The van der Waals surface area contributed by atoms with Crippen molar-refractivity contribution in [3.05, 3.63) is 33.1 Å². The Morgan fingerprint density at radius 2 is 2.45 bits per heavy atom. The maximum atomic E-state index is 12.0. The van der Waals surface area contributed by atoms with Gasteiger partial charge in [0.2, 0.25) is 0 Å². The van der Waals surface area contributed by atoms with Gasteiger partial charge in [0.25, 0.3) is 5.56 Å². The largest absolute Gasteiger partial charge is 0.370 e. The molecule has 7 heteroatoms. The SMILES string of the molecule is CC1CCCN(c2cnn(CCCN=[N+]=[N-])c(=O)c2)C1. The lowest BCUT2D eigenvalue weighted by molar-refractivity contribution is 0.445. The van der Waals surface area contributed by atoms with Crippen LogP contribution in [0.1, 0.15) is 26.2 Å². The summed E-state index contributed by atoms with van der Waals surface area (Å²) in [7, 11) is 0. The molecule has 1 saturated heterocycles. The smallest absolute Gasteiger partial charge is 0.268 e. The van der Waals surface area contributed by atoms with Gasteiger partial charge < -0.3 is 4.90 Å². The molecule has 1 aliphatic rings. The second-order valence-corrected chi connectivity index (χ2v) is 5.28. The van der Waals surface area contributed by atoms with Crippen LogP contribution in [-0.2, 0) is 6.54 Å². The summed E-state index contributed by atoms with van der Waals surface area (Å²) < 4.78 is 1.42. The number of piperidine rings is 1. The van der Waals surface area contributed by atoms with Gasteiger partial charge in [0.1, 0.15) is 0 Å². The highest BCUT2D eigenvalue weighted by atomic mass is 16.1. The molecule has 0 N–H and O–H groups in total. The van der Waals surface area contributed by atoms with Crippen LogP contribution in [0.15, 0.2) is 22.2 Å². The zero-order valence-corrected chi connectivity index (χ0v) is 11.8. The lowest BCUT2D eigenvalue weighted by atomic mass is 10.00. The molecule has 7 nitrogen and oxygen atoms in total. The van der Waals surface area contributed by atoms with Gasteiger partial charge in [-0.25, -0.2) is 4.68 Å². The van der Waals surface area contributed by atoms with Crippen LogP contribution in [0.4, 0.5) is 5.69 Å². The maximum absolute atomic E-state index is 12.0. The van der Waals surface area contributed by atoms with Crippen LogP contribution >= 0.6 is 0 Å². The second kappa shape index (κ2) is 6.96. The number of aryl methyl sites for hydroxylation is 1. The van der Waals surface area contributed by atoms with Crippen molar-refractivity contribution in [2.24, 2.45) is 11.0 Å². The zero-order chi connectivity index (χ0) is 14.4. The van der Waals surface area contributed by atoms with Gasteiger partial charge in [0.05, 0.1) is 11.9 Å². The molecule has 1 fully saturated rings. The standard InChI is InChI=1S/C13H20N6O/c1-11-4-2-6-18(10-11)12-8-13(20)19(16-9-12)7-3-5-15-17-14/h8-9,11H,2-7,10H2,1H3. The molecule has 2 rings (SSSR count). The number of hydrogen-bond acceptors (Lipinski definition) is 4. The van der Waals surface area contributed by atoms with E-state index in [4.69, 9.17) is 5.53 Å². The van der Waals surface area contributed by atoms with Crippen LogP contribution in [0.3, 0.4) is 0 Å². The number of nitrogens with zero attached hydrogens (tertiary/aromatic N) is 6. The number of rotatable bonds is 5. The Bertz CT molecular complexity index is 548. The fourth-order valence-electron chi connectivity index (χ4n) is 2.52. The third-order valence-electron chi connectivity index (χ3n) is 3.57. The van der Waals surface area contributed by atoms with Crippen LogP contribution in [0.5, 0.6) is 0 Å². The van der Waals surface area contributed by atoms with Crippen molar-refractivity contribution in [2.75, 3.05) is 24.5 Å². The zero-order valence-electron chi connectivity index (χ0n) is 11.8. The van der Waals surface area contributed by atoms with E-state index in [9.17, 15) is 4.79 Å². The van der Waals surface area contributed by atoms with Crippen LogP contribution in [0.25, 0.3) is 10.4 Å². The van der Waals surface area contributed by atoms with E-state index >= 15 is 0 Å². The monoisotopic (exact) mass is 276 g/mol. The van der Waals surface area contributed by atoms with Crippen molar-refractivity contribution in [1.29, 1.82) is 0 Å². The molecule has 1 atom stereocenters. The summed E-state index contributed by atoms with van der Waals surface area (Å²) in [6, 6.07) is 1.65. The number of anilines is 1. The van der Waals surface area contributed by atoms with E-state index in [1.807, 2.05) is 0 Å². The van der Waals surface area contributed by atoms with Gasteiger partial charge in [-0.05, 0) is 30.7 Å². The summed E-state index contributed by atoms with van der Waals surface area (Å²) in [5.41, 5.74) is 9.00. The van der Waals surface area contributed by atoms with E-state index in [2.05, 4.69) is 26.9 Å². The Morgan fingerprint density at radius 3 is 3.15 bits per heavy atom. The quantitative estimate of drug-likeness (QED) is 0.357. The molecule has 1 aromatic heterocycles. The topological polar surface area (TPSA) is 86.9 Å². The summed E-state index contributed by atoms with van der Waals surface area (Å²) in [6.07, 6.45) is 4.79. The van der Waals surface area contributed by atoms with Crippen molar-refractivity contribution in [3.63, 3.8) is 0 Å². The second-order valence-electron chi connectivity index (χ2n) is 5.28. The molecule has 0 aromatic carbocycles. The number of hydrogen-bond donors (Lipinski definition) is 0. The highest BCUT2D eigenvalue weighted by molar-refractivity contribution is 5.43. The van der Waals surface area contributed by atoms with E-state index < -0.39 is 0 Å². The molecule has 0 spiro atoms. The Morgan fingerprint density at radius 1 is 1.60 bits per heavy atom. The average Bonchev–Trinajstić information content (AvgIpc) is 2.45. The molecule has 20 heavy (non-hydrogen) atoms. The molecule has 1 aromatic rings. The van der Waals surface area contributed by atoms with Crippen molar-refractivity contribution in [1.82, 2.24) is 9.78 Å². The molecule has 2 heterocycles. The first-order chi connectivity index (χ1) is 9.70. The summed E-state index contributed by atoms with van der Waals surface area (Å²) in [5.74, 6) is 0.662. The normalized spacial score (nSPS) is 18.6. The van der Waals surface area contributed by atoms with E-state index in [1.165, 1.54) is 11.1 Å². The molecular weight excluding hydrogens is 256 g/mol. The molecule has 1 aliphatic heterocycles. The summed E-state index contributed by atoms with van der Waals surface area (Å²) in [6.45, 7) is 5.08. The summed E-state index contributed by atoms with van der Waals surface area (Å²) in [4.78, 5) is 16.9. The molecule has 0 aliphatic carbocycles. The van der Waals surface area contributed by atoms with Crippen molar-refractivity contribution in [2.45, 2.75) is 32.7 Å². The van der Waals surface area contributed by atoms with Gasteiger partial charge in [0, 0.05) is 37.2 Å². The molecule has 0 saturated carbocycles. The Labute approximate surface area is 117 Å². The predicted molar refractivity (Wildman–Crippen MR) is 77.7 cm³/mol. The molecular formula is C13H20N6O. The van der Waals surface area contributed by atoms with E-state index in [-0.39, 0.29) is 5.56 Å². The first-order valence-corrected chi connectivity index (χ1v) is 7.03. The molecule has 1 unspecified atom stereocenters. The minimum absolute atomic E-state index is 0.0957. The molecule has 0 amide bonds. The summed E-state index contributed by atoms with van der Waals surface area (Å²) in [5, 5.41) is 7.65.